The lowest BCUT2D eigenvalue weighted by molar-refractivity contribution is 0.0623. The smallest absolute Gasteiger partial charge is 0.266 e. The largest absolute Gasteiger partial charge is 0.494 e. The van der Waals surface area contributed by atoms with Crippen LogP contribution >= 0.6 is 11.3 Å². The molecule has 0 spiro atoms. The highest BCUT2D eigenvalue weighted by Gasteiger charge is 2.30. The van der Waals surface area contributed by atoms with Gasteiger partial charge in [-0.2, -0.15) is 0 Å². The van der Waals surface area contributed by atoms with Gasteiger partial charge in [-0.05, 0) is 57.9 Å². The molecule has 134 valence electrons. The Labute approximate surface area is 152 Å². The lowest BCUT2D eigenvalue weighted by Crippen LogP contribution is -2.48. The van der Waals surface area contributed by atoms with Gasteiger partial charge in [0.25, 0.3) is 5.91 Å². The SMILES string of the molecule is CCOc1ccc(-c2nc(C)c(C(=O)N3CC[C@@H](N)C[C@@H]3C)s2)cc1. The number of ether oxygens (including phenoxy) is 1. The molecule has 0 saturated carbocycles. The molecule has 1 aliphatic heterocycles. The average molecular weight is 359 g/mol. The second-order valence-electron chi connectivity index (χ2n) is 6.52. The number of aromatic nitrogens is 1. The van der Waals surface area contributed by atoms with Crippen LogP contribution in [0.4, 0.5) is 0 Å². The van der Waals surface area contributed by atoms with Gasteiger partial charge >= 0.3 is 0 Å². The molecule has 1 amide bonds. The van der Waals surface area contributed by atoms with E-state index >= 15 is 0 Å². The highest BCUT2D eigenvalue weighted by Crippen LogP contribution is 2.31. The van der Waals surface area contributed by atoms with E-state index in [1.807, 2.05) is 43.0 Å². The number of benzene rings is 1. The fourth-order valence-electron chi connectivity index (χ4n) is 3.22. The molecule has 0 unspecified atom stereocenters. The molecule has 1 aliphatic rings. The predicted molar refractivity (Wildman–Crippen MR) is 101 cm³/mol. The van der Waals surface area contributed by atoms with Crippen LogP contribution < -0.4 is 10.5 Å². The normalized spacial score (nSPS) is 20.6. The number of rotatable bonds is 4. The number of amides is 1. The van der Waals surface area contributed by atoms with E-state index in [9.17, 15) is 4.79 Å². The van der Waals surface area contributed by atoms with Crippen LogP contribution in [-0.4, -0.2) is 41.0 Å². The fraction of sp³-hybridized carbons (Fsp3) is 0.474. The molecule has 5 nitrogen and oxygen atoms in total. The fourth-order valence-corrected chi connectivity index (χ4v) is 4.25. The zero-order chi connectivity index (χ0) is 18.0. The zero-order valence-electron chi connectivity index (χ0n) is 15.0. The first-order valence-corrected chi connectivity index (χ1v) is 9.58. The molecule has 1 aromatic heterocycles. The number of thiazole rings is 1. The van der Waals surface area contributed by atoms with Gasteiger partial charge < -0.3 is 15.4 Å². The van der Waals surface area contributed by atoms with Crippen LogP contribution in [0.25, 0.3) is 10.6 Å². The third-order valence-corrected chi connectivity index (χ3v) is 5.78. The molecule has 25 heavy (non-hydrogen) atoms. The van der Waals surface area contributed by atoms with E-state index in [2.05, 4.69) is 11.9 Å². The second-order valence-corrected chi connectivity index (χ2v) is 7.52. The zero-order valence-corrected chi connectivity index (χ0v) is 15.8. The van der Waals surface area contributed by atoms with Gasteiger partial charge in [0.15, 0.2) is 0 Å². The van der Waals surface area contributed by atoms with Gasteiger partial charge in [-0.15, -0.1) is 11.3 Å². The lowest BCUT2D eigenvalue weighted by Gasteiger charge is -2.36. The van der Waals surface area contributed by atoms with E-state index in [4.69, 9.17) is 10.5 Å². The van der Waals surface area contributed by atoms with Gasteiger partial charge in [0.05, 0.1) is 12.3 Å². The van der Waals surface area contributed by atoms with Gasteiger partial charge in [-0.3, -0.25) is 4.79 Å². The molecule has 2 heterocycles. The molecule has 2 aromatic rings. The minimum atomic E-state index is 0.0755. The molecule has 2 atom stereocenters. The Kier molecular flexibility index (Phi) is 5.39. The molecule has 6 heteroatoms. The summed E-state index contributed by atoms with van der Waals surface area (Å²) in [6, 6.07) is 8.21. The van der Waals surface area contributed by atoms with Gasteiger partial charge in [0.1, 0.15) is 15.6 Å². The molecule has 0 aliphatic carbocycles. The van der Waals surface area contributed by atoms with Crippen molar-refractivity contribution in [2.24, 2.45) is 5.73 Å². The van der Waals surface area contributed by atoms with Crippen LogP contribution in [0.15, 0.2) is 24.3 Å². The van der Waals surface area contributed by atoms with Crippen LogP contribution in [0.3, 0.4) is 0 Å². The van der Waals surface area contributed by atoms with E-state index < -0.39 is 0 Å². The lowest BCUT2D eigenvalue weighted by atomic mass is 9.99. The number of carbonyl (C=O) groups excluding carboxylic acids is 1. The van der Waals surface area contributed by atoms with Crippen molar-refractivity contribution in [3.05, 3.63) is 34.8 Å². The van der Waals surface area contributed by atoms with Crippen molar-refractivity contribution in [1.82, 2.24) is 9.88 Å². The van der Waals surface area contributed by atoms with E-state index in [1.165, 1.54) is 11.3 Å². The first-order chi connectivity index (χ1) is 12.0. The van der Waals surface area contributed by atoms with Crippen molar-refractivity contribution >= 4 is 17.2 Å². The minimum absolute atomic E-state index is 0.0755. The predicted octanol–water partition coefficient (Wildman–Crippen LogP) is 3.47. The van der Waals surface area contributed by atoms with E-state index in [0.29, 0.717) is 6.61 Å². The van der Waals surface area contributed by atoms with Crippen molar-refractivity contribution in [3.8, 4) is 16.3 Å². The summed E-state index contributed by atoms with van der Waals surface area (Å²) in [5, 5.41) is 0.866. The first kappa shape index (κ1) is 17.9. The van der Waals surface area contributed by atoms with Gasteiger partial charge in [-0.25, -0.2) is 4.98 Å². The number of carbonyl (C=O) groups is 1. The molecule has 0 bridgehead atoms. The van der Waals surface area contributed by atoms with E-state index in [1.54, 1.807) is 0 Å². The highest BCUT2D eigenvalue weighted by atomic mass is 32.1. The minimum Gasteiger partial charge on any atom is -0.494 e. The van der Waals surface area contributed by atoms with Crippen LogP contribution in [0.5, 0.6) is 5.75 Å². The number of piperidine rings is 1. The Bertz CT molecular complexity index is 742. The molecule has 1 aromatic carbocycles. The standard InChI is InChI=1S/C19H25N3O2S/c1-4-24-16-7-5-14(6-8-16)18-21-13(3)17(25-18)19(23)22-10-9-15(20)11-12(22)2/h5-8,12,15H,4,9-11,20H2,1-3H3/t12-,15+/m0/s1. The van der Waals surface area contributed by atoms with Crippen molar-refractivity contribution in [1.29, 1.82) is 0 Å². The third kappa shape index (κ3) is 3.85. The summed E-state index contributed by atoms with van der Waals surface area (Å²) in [6.45, 7) is 7.30. The maximum atomic E-state index is 13.0. The van der Waals surface area contributed by atoms with Crippen LogP contribution in [-0.2, 0) is 0 Å². The topological polar surface area (TPSA) is 68.5 Å². The molecular weight excluding hydrogens is 334 g/mol. The first-order valence-electron chi connectivity index (χ1n) is 8.76. The Morgan fingerprint density at radius 3 is 2.76 bits per heavy atom. The second kappa shape index (κ2) is 7.54. The summed E-state index contributed by atoms with van der Waals surface area (Å²) in [7, 11) is 0. The highest BCUT2D eigenvalue weighted by molar-refractivity contribution is 7.17. The van der Waals surface area contributed by atoms with Crippen molar-refractivity contribution in [3.63, 3.8) is 0 Å². The maximum absolute atomic E-state index is 13.0. The number of nitrogens with zero attached hydrogens (tertiary/aromatic N) is 2. The Morgan fingerprint density at radius 1 is 1.40 bits per heavy atom. The Morgan fingerprint density at radius 2 is 2.12 bits per heavy atom. The third-order valence-electron chi connectivity index (χ3n) is 4.58. The number of nitrogens with two attached hydrogens (primary N) is 1. The molecule has 1 fully saturated rings. The molecule has 2 N–H and O–H groups in total. The van der Waals surface area contributed by atoms with Crippen LogP contribution in [0.2, 0.25) is 0 Å². The molecule has 1 saturated heterocycles. The summed E-state index contributed by atoms with van der Waals surface area (Å²) in [5.74, 6) is 0.917. The quantitative estimate of drug-likeness (QED) is 0.907. The number of aryl methyl sites for hydroxylation is 1. The average Bonchev–Trinajstić information content (AvgIpc) is 2.97. The van der Waals surface area contributed by atoms with Gasteiger partial charge in [0, 0.05) is 24.2 Å². The maximum Gasteiger partial charge on any atom is 0.266 e. The summed E-state index contributed by atoms with van der Waals surface area (Å²) in [5.41, 5.74) is 7.81. The molecular formula is C19H25N3O2S. The van der Waals surface area contributed by atoms with Crippen LogP contribution in [0, 0.1) is 6.92 Å². The summed E-state index contributed by atoms with van der Waals surface area (Å²) in [6.07, 6.45) is 1.72. The Balaban J connectivity index is 1.81. The number of hydrogen-bond donors (Lipinski definition) is 1. The molecule has 3 rings (SSSR count). The van der Waals surface area contributed by atoms with Gasteiger partial charge in [-0.1, -0.05) is 0 Å². The van der Waals surface area contributed by atoms with Gasteiger partial charge in [0.2, 0.25) is 0 Å². The molecule has 0 radical (unpaired) electrons. The van der Waals surface area contributed by atoms with E-state index in [-0.39, 0.29) is 18.0 Å². The van der Waals surface area contributed by atoms with Crippen LogP contribution in [0.1, 0.15) is 42.1 Å². The summed E-state index contributed by atoms with van der Waals surface area (Å²) in [4.78, 5) is 20.2. The Hall–Kier alpha value is -1.92. The monoisotopic (exact) mass is 359 g/mol. The number of likely N-dealkylation sites (tertiary alicyclic amines) is 1. The van der Waals surface area contributed by atoms with Crippen molar-refractivity contribution in [2.75, 3.05) is 13.2 Å². The van der Waals surface area contributed by atoms with E-state index in [0.717, 1.165) is 46.3 Å². The summed E-state index contributed by atoms with van der Waals surface area (Å²) >= 11 is 1.46. The number of hydrogen-bond acceptors (Lipinski definition) is 5. The summed E-state index contributed by atoms with van der Waals surface area (Å²) < 4.78 is 5.48. The van der Waals surface area contributed by atoms with Crippen molar-refractivity contribution < 1.29 is 9.53 Å². The van der Waals surface area contributed by atoms with Crippen molar-refractivity contribution in [2.45, 2.75) is 45.7 Å².